The number of hydrogen-bond acceptors (Lipinski definition) is 4. The minimum atomic E-state index is -2.32. The monoisotopic (exact) mass is 319 g/mol. The van der Waals surface area contributed by atoms with Gasteiger partial charge in [0, 0.05) is 11.3 Å². The van der Waals surface area contributed by atoms with Crippen LogP contribution < -0.4 is 5.32 Å². The highest BCUT2D eigenvalue weighted by Gasteiger charge is 2.50. The summed E-state index contributed by atoms with van der Waals surface area (Å²) >= 11 is 0. The van der Waals surface area contributed by atoms with Crippen LogP contribution >= 0.6 is 0 Å². The standard InChI is InChI=1S/C19H13NO4/c21-17-15-7-3-4-8-16(15)19(23,24-17)18(22)20-14-10-9-12-5-1-2-6-13(12)11-14/h1-11,23H,(H,20,22). The summed E-state index contributed by atoms with van der Waals surface area (Å²) in [5, 5.41) is 15.2. The molecule has 118 valence electrons. The Morgan fingerprint density at radius 3 is 2.50 bits per heavy atom. The van der Waals surface area contributed by atoms with E-state index in [0.717, 1.165) is 10.8 Å². The van der Waals surface area contributed by atoms with E-state index in [1.54, 1.807) is 24.3 Å². The van der Waals surface area contributed by atoms with E-state index in [-0.39, 0.29) is 11.1 Å². The second-order valence-electron chi connectivity index (χ2n) is 5.60. The molecule has 3 aromatic rings. The van der Waals surface area contributed by atoms with Gasteiger partial charge in [-0.15, -0.1) is 0 Å². The van der Waals surface area contributed by atoms with Gasteiger partial charge < -0.3 is 15.2 Å². The first-order chi connectivity index (χ1) is 11.6. The molecule has 5 heteroatoms. The molecule has 0 saturated heterocycles. The minimum absolute atomic E-state index is 0.147. The SMILES string of the molecule is O=C1OC(O)(C(=O)Nc2ccc3ccccc3c2)c2ccccc21. The molecule has 24 heavy (non-hydrogen) atoms. The van der Waals surface area contributed by atoms with Crippen LogP contribution in [0.4, 0.5) is 5.69 Å². The number of ether oxygens (including phenoxy) is 1. The number of amides is 1. The van der Waals surface area contributed by atoms with E-state index < -0.39 is 17.7 Å². The molecule has 1 unspecified atom stereocenters. The number of anilines is 1. The van der Waals surface area contributed by atoms with Crippen molar-refractivity contribution in [1.29, 1.82) is 0 Å². The van der Waals surface area contributed by atoms with Gasteiger partial charge >= 0.3 is 17.7 Å². The first-order valence-electron chi connectivity index (χ1n) is 7.43. The fourth-order valence-corrected chi connectivity index (χ4v) is 2.85. The zero-order chi connectivity index (χ0) is 16.7. The number of hydrogen-bond donors (Lipinski definition) is 2. The van der Waals surface area contributed by atoms with E-state index in [4.69, 9.17) is 4.74 Å². The highest BCUT2D eigenvalue weighted by atomic mass is 16.7. The Labute approximate surface area is 137 Å². The van der Waals surface area contributed by atoms with Gasteiger partial charge in [-0.3, -0.25) is 4.79 Å². The quantitative estimate of drug-likeness (QED) is 0.712. The van der Waals surface area contributed by atoms with Crippen LogP contribution in [-0.4, -0.2) is 17.0 Å². The Morgan fingerprint density at radius 1 is 0.958 bits per heavy atom. The summed E-state index contributed by atoms with van der Waals surface area (Å²) in [4.78, 5) is 24.4. The van der Waals surface area contributed by atoms with Gasteiger partial charge in [0.05, 0.1) is 5.56 Å². The van der Waals surface area contributed by atoms with E-state index in [0.29, 0.717) is 5.69 Å². The predicted octanol–water partition coefficient (Wildman–Crippen LogP) is 2.79. The molecule has 0 aliphatic carbocycles. The van der Waals surface area contributed by atoms with Crippen LogP contribution in [-0.2, 0) is 15.3 Å². The maximum Gasteiger partial charge on any atom is 0.341 e. The van der Waals surface area contributed by atoms with Crippen LogP contribution in [0.25, 0.3) is 10.8 Å². The van der Waals surface area contributed by atoms with Crippen molar-refractivity contribution in [3.8, 4) is 0 Å². The lowest BCUT2D eigenvalue weighted by atomic mass is 10.0. The van der Waals surface area contributed by atoms with Gasteiger partial charge in [-0.25, -0.2) is 4.79 Å². The average Bonchev–Trinajstić information content (AvgIpc) is 2.87. The number of cyclic esters (lactones) is 1. The number of fused-ring (bicyclic) bond motifs is 2. The molecule has 0 saturated carbocycles. The summed E-state index contributed by atoms with van der Waals surface area (Å²) in [5.74, 6) is -3.85. The van der Waals surface area contributed by atoms with Gasteiger partial charge in [-0.1, -0.05) is 48.5 Å². The molecule has 1 atom stereocenters. The van der Waals surface area contributed by atoms with Gasteiger partial charge in [0.25, 0.3) is 0 Å². The third-order valence-electron chi connectivity index (χ3n) is 4.07. The van der Waals surface area contributed by atoms with Crippen molar-refractivity contribution in [2.45, 2.75) is 5.79 Å². The fraction of sp³-hybridized carbons (Fsp3) is 0.0526. The molecular weight excluding hydrogens is 306 g/mol. The largest absolute Gasteiger partial charge is 0.415 e. The Bertz CT molecular complexity index is 982. The average molecular weight is 319 g/mol. The molecule has 0 bridgehead atoms. The van der Waals surface area contributed by atoms with Crippen molar-refractivity contribution in [3.05, 3.63) is 77.9 Å². The van der Waals surface area contributed by atoms with E-state index in [2.05, 4.69) is 5.32 Å². The van der Waals surface area contributed by atoms with Crippen LogP contribution in [0.1, 0.15) is 15.9 Å². The first kappa shape index (κ1) is 14.4. The van der Waals surface area contributed by atoms with Crippen molar-refractivity contribution >= 4 is 28.3 Å². The summed E-state index contributed by atoms with van der Waals surface area (Å²) < 4.78 is 4.95. The molecule has 0 radical (unpaired) electrons. The van der Waals surface area contributed by atoms with Gasteiger partial charge in [0.1, 0.15) is 0 Å². The summed E-state index contributed by atoms with van der Waals surface area (Å²) in [7, 11) is 0. The molecule has 1 aliphatic heterocycles. The number of aliphatic hydroxyl groups is 1. The second kappa shape index (κ2) is 5.18. The summed E-state index contributed by atoms with van der Waals surface area (Å²) in [6, 6.07) is 19.4. The topological polar surface area (TPSA) is 75.6 Å². The molecule has 0 spiro atoms. The van der Waals surface area contributed by atoms with Crippen LogP contribution in [0, 0.1) is 0 Å². The predicted molar refractivity (Wildman–Crippen MR) is 88.3 cm³/mol. The summed E-state index contributed by atoms with van der Waals surface area (Å²) in [6.45, 7) is 0. The number of esters is 1. The summed E-state index contributed by atoms with van der Waals surface area (Å²) in [5.41, 5.74) is 0.842. The second-order valence-corrected chi connectivity index (χ2v) is 5.60. The molecular formula is C19H13NO4. The smallest absolute Gasteiger partial charge is 0.341 e. The molecule has 5 nitrogen and oxygen atoms in total. The highest BCUT2D eigenvalue weighted by molar-refractivity contribution is 6.05. The third-order valence-corrected chi connectivity index (χ3v) is 4.07. The number of rotatable bonds is 2. The van der Waals surface area contributed by atoms with Crippen molar-refractivity contribution < 1.29 is 19.4 Å². The Kier molecular flexibility index (Phi) is 3.11. The van der Waals surface area contributed by atoms with Crippen molar-refractivity contribution in [2.24, 2.45) is 0 Å². The van der Waals surface area contributed by atoms with E-state index in [1.165, 1.54) is 12.1 Å². The third kappa shape index (κ3) is 2.14. The molecule has 0 fully saturated rings. The van der Waals surface area contributed by atoms with Crippen LogP contribution in [0.5, 0.6) is 0 Å². The molecule has 1 amide bonds. The Hall–Kier alpha value is -3.18. The molecule has 1 aliphatic rings. The van der Waals surface area contributed by atoms with Crippen LogP contribution in [0.2, 0.25) is 0 Å². The van der Waals surface area contributed by atoms with Crippen LogP contribution in [0.15, 0.2) is 66.7 Å². The zero-order valence-electron chi connectivity index (χ0n) is 12.5. The maximum atomic E-state index is 12.5. The number of carbonyl (C=O) groups excluding carboxylic acids is 2. The van der Waals surface area contributed by atoms with Gasteiger partial charge in [0.2, 0.25) is 0 Å². The van der Waals surface area contributed by atoms with Gasteiger partial charge in [-0.05, 0) is 29.0 Å². The molecule has 1 heterocycles. The maximum absolute atomic E-state index is 12.5. The summed E-state index contributed by atoms with van der Waals surface area (Å²) in [6.07, 6.45) is 0. The van der Waals surface area contributed by atoms with E-state index in [9.17, 15) is 14.7 Å². The number of benzene rings is 3. The van der Waals surface area contributed by atoms with E-state index in [1.807, 2.05) is 30.3 Å². The number of nitrogens with one attached hydrogen (secondary N) is 1. The minimum Gasteiger partial charge on any atom is -0.415 e. The fourth-order valence-electron chi connectivity index (χ4n) is 2.85. The Morgan fingerprint density at radius 2 is 1.67 bits per heavy atom. The van der Waals surface area contributed by atoms with Gasteiger partial charge in [0.15, 0.2) is 0 Å². The Balaban J connectivity index is 1.67. The van der Waals surface area contributed by atoms with Crippen LogP contribution in [0.3, 0.4) is 0 Å². The first-order valence-corrected chi connectivity index (χ1v) is 7.43. The molecule has 2 N–H and O–H groups in total. The number of carbonyl (C=O) groups is 2. The molecule has 4 rings (SSSR count). The lowest BCUT2D eigenvalue weighted by Crippen LogP contribution is -2.40. The molecule has 0 aromatic heterocycles. The highest BCUT2D eigenvalue weighted by Crippen LogP contribution is 2.35. The van der Waals surface area contributed by atoms with Crippen molar-refractivity contribution in [1.82, 2.24) is 0 Å². The zero-order valence-corrected chi connectivity index (χ0v) is 12.5. The van der Waals surface area contributed by atoms with Crippen molar-refractivity contribution in [3.63, 3.8) is 0 Å². The van der Waals surface area contributed by atoms with Crippen molar-refractivity contribution in [2.75, 3.05) is 5.32 Å². The normalized spacial score (nSPS) is 19.0. The van der Waals surface area contributed by atoms with E-state index >= 15 is 0 Å². The lowest BCUT2D eigenvalue weighted by molar-refractivity contribution is -0.180. The van der Waals surface area contributed by atoms with Gasteiger partial charge in [-0.2, -0.15) is 0 Å². The molecule has 3 aromatic carbocycles. The lowest BCUT2D eigenvalue weighted by Gasteiger charge is -2.21.